The minimum absolute atomic E-state index is 0. The molecule has 0 fully saturated rings. The number of hydrogen-bond acceptors (Lipinski definition) is 3. The monoisotopic (exact) mass is 431 g/mol. The lowest BCUT2D eigenvalue weighted by Crippen LogP contribution is -3.00. The predicted molar refractivity (Wildman–Crippen MR) is 108 cm³/mol. The number of hydrogen-bond donors (Lipinski definition) is 2. The average molecular weight is 432 g/mol. The Morgan fingerprint density at radius 3 is 2.24 bits per heavy atom. The molecule has 0 aliphatic rings. The molecule has 8 heteroatoms. The van der Waals surface area contributed by atoms with E-state index in [4.69, 9.17) is 16.3 Å². The van der Waals surface area contributed by atoms with E-state index >= 15 is 0 Å². The summed E-state index contributed by atoms with van der Waals surface area (Å²) in [6.45, 7) is 0.0775. The van der Waals surface area contributed by atoms with Gasteiger partial charge in [-0.25, -0.2) is 0 Å². The van der Waals surface area contributed by atoms with Crippen molar-refractivity contribution in [2.75, 3.05) is 17.7 Å². The van der Waals surface area contributed by atoms with Crippen molar-refractivity contribution in [1.29, 1.82) is 0 Å². The van der Waals surface area contributed by atoms with Crippen molar-refractivity contribution in [3.8, 4) is 5.75 Å². The molecule has 3 aromatic rings. The van der Waals surface area contributed by atoms with E-state index in [0.29, 0.717) is 27.7 Å². The third-order valence-corrected chi connectivity index (χ3v) is 4.17. The van der Waals surface area contributed by atoms with Crippen molar-refractivity contribution in [3.05, 3.63) is 83.6 Å². The first-order chi connectivity index (χ1) is 13.5. The minimum atomic E-state index is -0.271. The van der Waals surface area contributed by atoms with Crippen LogP contribution in [0.25, 0.3) is 0 Å². The molecule has 0 bridgehead atoms. The molecule has 1 aromatic heterocycles. The summed E-state index contributed by atoms with van der Waals surface area (Å²) in [6, 6.07) is 17.3. The molecule has 150 valence electrons. The van der Waals surface area contributed by atoms with Gasteiger partial charge in [0.1, 0.15) is 11.3 Å². The van der Waals surface area contributed by atoms with Crippen molar-refractivity contribution in [2.24, 2.45) is 0 Å². The molecule has 0 unspecified atom stereocenters. The summed E-state index contributed by atoms with van der Waals surface area (Å²) in [6.07, 6.45) is 3.35. The second kappa shape index (κ2) is 10.5. The maximum absolute atomic E-state index is 12.4. The predicted octanol–water partition coefficient (Wildman–Crippen LogP) is 0.531. The summed E-state index contributed by atoms with van der Waals surface area (Å²) in [5.41, 5.74) is 1.75. The standard InChI is InChI=1S/C21H18ClN3O3.ClH/c1-28-19-10-8-17(9-11-19)23-20(26)14-25-12-2-3-15(13-25)21(27)24-18-6-4-16(22)5-7-18;/h2-13H,14H2,1H3,(H-,23,24,26,27);1H. The summed E-state index contributed by atoms with van der Waals surface area (Å²) >= 11 is 5.85. The lowest BCUT2D eigenvalue weighted by molar-refractivity contribution is -0.684. The Morgan fingerprint density at radius 1 is 0.966 bits per heavy atom. The van der Waals surface area contributed by atoms with Gasteiger partial charge in [-0.1, -0.05) is 11.6 Å². The van der Waals surface area contributed by atoms with Gasteiger partial charge in [0.2, 0.25) is 6.54 Å². The molecule has 2 amide bonds. The quantitative estimate of drug-likeness (QED) is 0.559. The average Bonchev–Trinajstić information content (AvgIpc) is 2.70. The van der Waals surface area contributed by atoms with Gasteiger partial charge in [-0.3, -0.25) is 9.59 Å². The van der Waals surface area contributed by atoms with Gasteiger partial charge < -0.3 is 27.8 Å². The van der Waals surface area contributed by atoms with E-state index in [-0.39, 0.29) is 30.8 Å². The zero-order chi connectivity index (χ0) is 19.9. The van der Waals surface area contributed by atoms with E-state index in [1.165, 1.54) is 0 Å². The molecule has 2 aromatic carbocycles. The molecular formula is C21H19Cl2N3O3. The molecule has 1 heterocycles. The molecule has 29 heavy (non-hydrogen) atoms. The number of carbonyl (C=O) groups is 2. The Morgan fingerprint density at radius 2 is 1.59 bits per heavy atom. The van der Waals surface area contributed by atoms with E-state index in [9.17, 15) is 9.59 Å². The van der Waals surface area contributed by atoms with Crippen LogP contribution >= 0.6 is 11.6 Å². The lowest BCUT2D eigenvalue weighted by Gasteiger charge is -2.06. The van der Waals surface area contributed by atoms with Gasteiger partial charge in [-0.05, 0) is 54.6 Å². The van der Waals surface area contributed by atoms with Gasteiger partial charge in [0, 0.05) is 22.5 Å². The number of nitrogens with zero attached hydrogens (tertiary/aromatic N) is 1. The smallest absolute Gasteiger partial charge is 0.290 e. The molecule has 0 saturated heterocycles. The maximum Gasteiger partial charge on any atom is 0.290 e. The van der Waals surface area contributed by atoms with Gasteiger partial charge in [0.15, 0.2) is 12.4 Å². The van der Waals surface area contributed by atoms with Gasteiger partial charge in [0.25, 0.3) is 11.8 Å². The maximum atomic E-state index is 12.4. The third-order valence-electron chi connectivity index (χ3n) is 3.92. The third kappa shape index (κ3) is 6.48. The van der Waals surface area contributed by atoms with Crippen molar-refractivity contribution < 1.29 is 31.3 Å². The number of halogens is 2. The zero-order valence-electron chi connectivity index (χ0n) is 15.6. The summed E-state index contributed by atoms with van der Waals surface area (Å²) in [5.74, 6) is 0.240. The van der Waals surface area contributed by atoms with Gasteiger partial charge in [0.05, 0.1) is 7.11 Å². The van der Waals surface area contributed by atoms with E-state index < -0.39 is 0 Å². The fourth-order valence-corrected chi connectivity index (χ4v) is 2.66. The van der Waals surface area contributed by atoms with E-state index in [1.807, 2.05) is 0 Å². The normalized spacial score (nSPS) is 9.86. The molecule has 0 aliphatic carbocycles. The lowest BCUT2D eigenvalue weighted by atomic mass is 10.2. The fraction of sp³-hybridized carbons (Fsp3) is 0.0952. The van der Waals surface area contributed by atoms with Crippen LogP contribution in [0.15, 0.2) is 73.1 Å². The molecule has 0 aliphatic heterocycles. The first kappa shape index (κ1) is 22.2. The number of benzene rings is 2. The highest BCUT2D eigenvalue weighted by molar-refractivity contribution is 6.30. The van der Waals surface area contributed by atoms with Gasteiger partial charge in [-0.15, -0.1) is 0 Å². The molecule has 3 rings (SSSR count). The largest absolute Gasteiger partial charge is 1.00 e. The second-order valence-corrected chi connectivity index (χ2v) is 6.44. The molecule has 0 saturated carbocycles. The van der Waals surface area contributed by atoms with Crippen molar-refractivity contribution in [1.82, 2.24) is 0 Å². The van der Waals surface area contributed by atoms with Crippen LogP contribution in [-0.4, -0.2) is 18.9 Å². The van der Waals surface area contributed by atoms with Crippen LogP contribution in [0.1, 0.15) is 10.4 Å². The molecule has 2 N–H and O–H groups in total. The molecule has 0 atom stereocenters. The molecule has 0 radical (unpaired) electrons. The van der Waals surface area contributed by atoms with Crippen LogP contribution in [0.5, 0.6) is 5.75 Å². The highest BCUT2D eigenvalue weighted by atomic mass is 35.5. The van der Waals surface area contributed by atoms with Gasteiger partial charge >= 0.3 is 0 Å². The van der Waals surface area contributed by atoms with Crippen LogP contribution in [-0.2, 0) is 11.3 Å². The zero-order valence-corrected chi connectivity index (χ0v) is 17.1. The summed E-state index contributed by atoms with van der Waals surface area (Å²) in [7, 11) is 1.58. The molecule has 0 spiro atoms. The SMILES string of the molecule is COc1ccc(NC(=O)C[n+]2cccc(C(=O)Nc3ccc(Cl)cc3)c2)cc1.[Cl-]. The van der Waals surface area contributed by atoms with Crippen molar-refractivity contribution in [3.63, 3.8) is 0 Å². The number of rotatable bonds is 6. The number of ether oxygens (including phenoxy) is 1. The number of amides is 2. The number of pyridine rings is 1. The Balaban J connectivity index is 0.00000300. The summed E-state index contributed by atoms with van der Waals surface area (Å²) in [5, 5.41) is 6.20. The van der Waals surface area contributed by atoms with E-state index in [1.54, 1.807) is 84.7 Å². The van der Waals surface area contributed by atoms with Crippen LogP contribution in [0.2, 0.25) is 5.02 Å². The summed E-state index contributed by atoms with van der Waals surface area (Å²) < 4.78 is 6.74. The Labute approximate surface area is 179 Å². The number of methoxy groups -OCH3 is 1. The summed E-state index contributed by atoms with van der Waals surface area (Å²) in [4.78, 5) is 24.7. The number of anilines is 2. The van der Waals surface area contributed by atoms with Crippen LogP contribution < -0.4 is 32.3 Å². The van der Waals surface area contributed by atoms with E-state index in [0.717, 1.165) is 0 Å². The topological polar surface area (TPSA) is 71.3 Å². The number of carbonyl (C=O) groups excluding carboxylic acids is 2. The van der Waals surface area contributed by atoms with Crippen LogP contribution in [0.3, 0.4) is 0 Å². The Kier molecular flexibility index (Phi) is 8.00. The van der Waals surface area contributed by atoms with Gasteiger partial charge in [-0.2, -0.15) is 4.57 Å². The van der Waals surface area contributed by atoms with Crippen molar-refractivity contribution >= 4 is 34.8 Å². The fourth-order valence-electron chi connectivity index (χ4n) is 2.53. The Bertz CT molecular complexity index is 977. The highest BCUT2D eigenvalue weighted by Gasteiger charge is 2.14. The van der Waals surface area contributed by atoms with Crippen molar-refractivity contribution in [2.45, 2.75) is 6.54 Å². The van der Waals surface area contributed by atoms with Crippen LogP contribution in [0, 0.1) is 0 Å². The first-order valence-corrected chi connectivity index (χ1v) is 8.91. The number of nitrogens with one attached hydrogen (secondary N) is 2. The second-order valence-electron chi connectivity index (χ2n) is 6.00. The number of aromatic nitrogens is 1. The minimum Gasteiger partial charge on any atom is -1.00 e. The molecular weight excluding hydrogens is 413 g/mol. The first-order valence-electron chi connectivity index (χ1n) is 8.53. The van der Waals surface area contributed by atoms with E-state index in [2.05, 4.69) is 10.6 Å². The highest BCUT2D eigenvalue weighted by Crippen LogP contribution is 2.15. The Hall–Kier alpha value is -3.09. The van der Waals surface area contributed by atoms with Crippen LogP contribution in [0.4, 0.5) is 11.4 Å². The molecule has 6 nitrogen and oxygen atoms in total.